The van der Waals surface area contributed by atoms with Gasteiger partial charge in [-0.1, -0.05) is 192 Å². The Labute approximate surface area is 318 Å². The summed E-state index contributed by atoms with van der Waals surface area (Å²) >= 11 is 0. The first-order valence-corrected chi connectivity index (χ1v) is 22.6. The van der Waals surface area contributed by atoms with Crippen LogP contribution in [-0.2, 0) is 4.74 Å². The van der Waals surface area contributed by atoms with Crippen molar-refractivity contribution in [1.29, 1.82) is 0 Å². The minimum Gasteiger partial charge on any atom is -0.394 e. The molecule has 51 heavy (non-hydrogen) atoms. The second-order valence-electron chi connectivity index (χ2n) is 15.6. The van der Waals surface area contributed by atoms with Crippen LogP contribution >= 0.6 is 0 Å². The van der Waals surface area contributed by atoms with Crippen LogP contribution in [0.5, 0.6) is 0 Å². The van der Waals surface area contributed by atoms with Gasteiger partial charge in [0.1, 0.15) is 12.2 Å². The zero-order chi connectivity index (χ0) is 37.3. The fraction of sp³-hybridized carbons (Fsp3) is 0.913. The predicted octanol–water partition coefficient (Wildman–Crippen LogP) is 12.9. The molecule has 0 aromatic rings. The van der Waals surface area contributed by atoms with Gasteiger partial charge in [0.2, 0.25) is 0 Å². The highest BCUT2D eigenvalue weighted by atomic mass is 16.5. The molecule has 0 aliphatic heterocycles. The maximum atomic E-state index is 10.5. The summed E-state index contributed by atoms with van der Waals surface area (Å²) in [5.74, 6) is 0. The maximum absolute atomic E-state index is 10.5. The van der Waals surface area contributed by atoms with Gasteiger partial charge in [0.25, 0.3) is 0 Å². The molecular weight excluding hydrogens is 633 g/mol. The molecule has 5 heteroatoms. The van der Waals surface area contributed by atoms with Crippen LogP contribution in [0.1, 0.15) is 232 Å². The van der Waals surface area contributed by atoms with Crippen molar-refractivity contribution in [1.82, 2.24) is 0 Å². The third kappa shape index (κ3) is 36.0. The summed E-state index contributed by atoms with van der Waals surface area (Å²) in [5.41, 5.74) is 0. The number of ether oxygens (including phenoxy) is 1. The van der Waals surface area contributed by atoms with E-state index in [9.17, 15) is 20.4 Å². The molecule has 304 valence electrons. The van der Waals surface area contributed by atoms with E-state index in [0.29, 0.717) is 12.8 Å². The quantitative estimate of drug-likeness (QED) is 0.0372. The summed E-state index contributed by atoms with van der Waals surface area (Å²) in [7, 11) is 0. The van der Waals surface area contributed by atoms with Crippen molar-refractivity contribution in [2.75, 3.05) is 13.2 Å². The first-order chi connectivity index (χ1) is 25.1. The molecule has 0 aliphatic rings. The van der Waals surface area contributed by atoms with E-state index in [1.54, 1.807) is 0 Å². The Morgan fingerprint density at radius 3 is 0.843 bits per heavy atom. The standard InChI is InChI=1S/C46H90O5/c1-3-5-7-9-11-13-15-17-19-21-23-25-27-29-31-33-35-37-39-45(43(49)41-47)51-46(44(50)42-48)40-38-36-34-32-30-28-26-24-22-20-18-16-14-12-10-8-6-4-2/h21-24,43-50H,3-20,25-42H2,1-2H3. The van der Waals surface area contributed by atoms with E-state index in [4.69, 9.17) is 4.74 Å². The highest BCUT2D eigenvalue weighted by molar-refractivity contribution is 4.82. The van der Waals surface area contributed by atoms with Gasteiger partial charge >= 0.3 is 0 Å². The van der Waals surface area contributed by atoms with Gasteiger partial charge < -0.3 is 25.2 Å². The summed E-state index contributed by atoms with van der Waals surface area (Å²) in [6.07, 6.45) is 48.6. The number of aliphatic hydroxyl groups is 4. The SMILES string of the molecule is CCCCCCCCCCC=CCCCCCCCCC(OC(CCCCCCCCC=CCCCCCCCCCC)C(O)CO)C(O)CO. The Morgan fingerprint density at radius 2 is 0.588 bits per heavy atom. The Hall–Kier alpha value is -0.720. The number of rotatable bonds is 42. The molecule has 0 aliphatic carbocycles. The molecule has 0 rings (SSSR count). The summed E-state index contributed by atoms with van der Waals surface area (Å²) in [6, 6.07) is 0. The van der Waals surface area contributed by atoms with E-state index < -0.39 is 24.4 Å². The van der Waals surface area contributed by atoms with Crippen LogP contribution in [0, 0.1) is 0 Å². The Bertz CT molecular complexity index is 652. The molecule has 0 amide bonds. The lowest BCUT2D eigenvalue weighted by Crippen LogP contribution is -2.41. The molecule has 0 saturated carbocycles. The smallest absolute Gasteiger partial charge is 0.103 e. The van der Waals surface area contributed by atoms with Gasteiger partial charge in [0, 0.05) is 0 Å². The van der Waals surface area contributed by atoms with Crippen LogP contribution in [0.25, 0.3) is 0 Å². The van der Waals surface area contributed by atoms with Gasteiger partial charge in [0.05, 0.1) is 25.4 Å². The van der Waals surface area contributed by atoms with Crippen molar-refractivity contribution in [3.8, 4) is 0 Å². The minimum absolute atomic E-state index is 0.354. The number of aliphatic hydroxyl groups excluding tert-OH is 4. The molecule has 4 atom stereocenters. The molecular formula is C46H90O5. The van der Waals surface area contributed by atoms with Gasteiger partial charge in [0.15, 0.2) is 0 Å². The monoisotopic (exact) mass is 723 g/mol. The molecule has 0 fully saturated rings. The van der Waals surface area contributed by atoms with Crippen molar-refractivity contribution in [3.05, 3.63) is 24.3 Å². The van der Waals surface area contributed by atoms with E-state index in [1.807, 2.05) is 0 Å². The molecule has 0 radical (unpaired) electrons. The highest BCUT2D eigenvalue weighted by Crippen LogP contribution is 2.21. The average Bonchev–Trinajstić information content (AvgIpc) is 3.15. The summed E-state index contributed by atoms with van der Waals surface area (Å²) < 4.78 is 6.19. The molecule has 0 spiro atoms. The second-order valence-corrected chi connectivity index (χ2v) is 15.6. The van der Waals surface area contributed by atoms with Crippen LogP contribution in [0.2, 0.25) is 0 Å². The molecule has 0 saturated heterocycles. The molecule has 0 aromatic carbocycles. The van der Waals surface area contributed by atoms with Gasteiger partial charge in [-0.2, -0.15) is 0 Å². The summed E-state index contributed by atoms with van der Waals surface area (Å²) in [5, 5.41) is 40.2. The van der Waals surface area contributed by atoms with Gasteiger partial charge in [-0.15, -0.1) is 0 Å². The zero-order valence-corrected chi connectivity index (χ0v) is 34.3. The van der Waals surface area contributed by atoms with Crippen LogP contribution in [0.3, 0.4) is 0 Å². The topological polar surface area (TPSA) is 90.2 Å². The molecule has 5 nitrogen and oxygen atoms in total. The highest BCUT2D eigenvalue weighted by Gasteiger charge is 2.27. The van der Waals surface area contributed by atoms with Crippen LogP contribution < -0.4 is 0 Å². The third-order valence-electron chi connectivity index (χ3n) is 10.6. The Balaban J connectivity index is 3.96. The fourth-order valence-electron chi connectivity index (χ4n) is 7.06. The van der Waals surface area contributed by atoms with Gasteiger partial charge in [-0.25, -0.2) is 0 Å². The number of hydrogen-bond donors (Lipinski definition) is 4. The summed E-state index contributed by atoms with van der Waals surface area (Å²) in [4.78, 5) is 0. The Kier molecular flexibility index (Phi) is 41.4. The van der Waals surface area contributed by atoms with E-state index in [-0.39, 0.29) is 13.2 Å². The first-order valence-electron chi connectivity index (χ1n) is 22.6. The van der Waals surface area contributed by atoms with E-state index in [2.05, 4.69) is 38.2 Å². The average molecular weight is 723 g/mol. The second kappa shape index (κ2) is 42.0. The largest absolute Gasteiger partial charge is 0.394 e. The predicted molar refractivity (Wildman–Crippen MR) is 221 cm³/mol. The number of allylic oxidation sites excluding steroid dienone is 4. The molecule has 0 bridgehead atoms. The third-order valence-corrected chi connectivity index (χ3v) is 10.6. The van der Waals surface area contributed by atoms with Crippen molar-refractivity contribution < 1.29 is 25.2 Å². The normalized spacial score (nSPS) is 14.5. The van der Waals surface area contributed by atoms with Crippen LogP contribution in [-0.4, -0.2) is 58.1 Å². The molecule has 4 N–H and O–H groups in total. The molecule has 0 aromatic heterocycles. The lowest BCUT2D eigenvalue weighted by atomic mass is 10.0. The van der Waals surface area contributed by atoms with Gasteiger partial charge in [-0.3, -0.25) is 0 Å². The lowest BCUT2D eigenvalue weighted by Gasteiger charge is -2.30. The first kappa shape index (κ1) is 50.3. The zero-order valence-electron chi connectivity index (χ0n) is 34.3. The number of hydrogen-bond acceptors (Lipinski definition) is 5. The van der Waals surface area contributed by atoms with Gasteiger partial charge in [-0.05, 0) is 64.2 Å². The van der Waals surface area contributed by atoms with E-state index in [1.165, 1.54) is 180 Å². The van der Waals surface area contributed by atoms with E-state index >= 15 is 0 Å². The van der Waals surface area contributed by atoms with E-state index in [0.717, 1.165) is 25.7 Å². The van der Waals surface area contributed by atoms with Crippen molar-refractivity contribution >= 4 is 0 Å². The number of unbranched alkanes of at least 4 members (excludes halogenated alkanes) is 28. The van der Waals surface area contributed by atoms with Crippen molar-refractivity contribution in [2.24, 2.45) is 0 Å². The summed E-state index contributed by atoms with van der Waals surface area (Å²) in [6.45, 7) is 3.85. The minimum atomic E-state index is -0.967. The fourth-order valence-corrected chi connectivity index (χ4v) is 7.06. The maximum Gasteiger partial charge on any atom is 0.103 e. The Morgan fingerprint density at radius 1 is 0.353 bits per heavy atom. The van der Waals surface area contributed by atoms with Crippen molar-refractivity contribution in [3.63, 3.8) is 0 Å². The van der Waals surface area contributed by atoms with Crippen molar-refractivity contribution in [2.45, 2.75) is 257 Å². The lowest BCUT2D eigenvalue weighted by molar-refractivity contribution is -0.137. The van der Waals surface area contributed by atoms with Crippen LogP contribution in [0.4, 0.5) is 0 Å². The van der Waals surface area contributed by atoms with Crippen LogP contribution in [0.15, 0.2) is 24.3 Å². The molecule has 0 heterocycles. The molecule has 4 unspecified atom stereocenters.